The zero-order valence-electron chi connectivity index (χ0n) is 10.0. The van der Waals surface area contributed by atoms with Crippen molar-refractivity contribution in [3.63, 3.8) is 0 Å². The van der Waals surface area contributed by atoms with Gasteiger partial charge in [-0.25, -0.2) is 0 Å². The molecule has 1 saturated carbocycles. The lowest BCUT2D eigenvalue weighted by Gasteiger charge is -2.27. The predicted molar refractivity (Wildman–Crippen MR) is 70.9 cm³/mol. The number of hydrogen-bond acceptors (Lipinski definition) is 2. The average molecular weight is 251 g/mol. The van der Waals surface area contributed by atoms with Gasteiger partial charge in [-0.05, 0) is 42.4 Å². The van der Waals surface area contributed by atoms with Gasteiger partial charge in [0.05, 0.1) is 0 Å². The highest BCUT2D eigenvalue weighted by atomic mass is 35.5. The maximum absolute atomic E-state index is 6.31. The normalized spacial score (nSPS) is 27.9. The molecule has 1 aromatic rings. The zero-order chi connectivity index (χ0) is 11.8. The van der Waals surface area contributed by atoms with E-state index < -0.39 is 0 Å². The van der Waals surface area contributed by atoms with Crippen LogP contribution in [0.15, 0.2) is 18.2 Å². The van der Waals surface area contributed by atoms with Crippen molar-refractivity contribution in [2.24, 2.45) is 11.7 Å². The summed E-state index contributed by atoms with van der Waals surface area (Å²) >= 11 is 6.31. The number of nitrogens with two attached hydrogens (primary N) is 1. The molecular weight excluding hydrogens is 232 g/mol. The van der Waals surface area contributed by atoms with Gasteiger partial charge in [-0.1, -0.05) is 23.7 Å². The summed E-state index contributed by atoms with van der Waals surface area (Å²) in [6.07, 6.45) is 4.21. The van der Waals surface area contributed by atoms with Gasteiger partial charge in [0.25, 0.3) is 0 Å². The number of hydrogen-bond donors (Lipinski definition) is 1. The van der Waals surface area contributed by atoms with Crippen LogP contribution in [0.25, 0.3) is 0 Å². The summed E-state index contributed by atoms with van der Waals surface area (Å²) in [7, 11) is 0. The fraction of sp³-hybridized carbons (Fsp3) is 0.571. The van der Waals surface area contributed by atoms with Crippen LogP contribution in [-0.4, -0.2) is 17.5 Å². The van der Waals surface area contributed by atoms with Gasteiger partial charge < -0.3 is 5.73 Å². The quantitative estimate of drug-likeness (QED) is 0.894. The zero-order valence-corrected chi connectivity index (χ0v) is 10.8. The fourth-order valence-corrected chi connectivity index (χ4v) is 3.55. The molecule has 2 aliphatic rings. The van der Waals surface area contributed by atoms with E-state index in [-0.39, 0.29) is 0 Å². The lowest BCUT2D eigenvalue weighted by Crippen LogP contribution is -2.31. The summed E-state index contributed by atoms with van der Waals surface area (Å²) in [5.41, 5.74) is 7.97. The van der Waals surface area contributed by atoms with E-state index in [1.165, 1.54) is 31.4 Å². The van der Waals surface area contributed by atoms with Crippen molar-refractivity contribution < 1.29 is 0 Å². The highest BCUT2D eigenvalue weighted by molar-refractivity contribution is 6.31. The largest absolute Gasteiger partial charge is 0.326 e. The molecule has 2 N–H and O–H groups in total. The first-order valence-electron chi connectivity index (χ1n) is 6.47. The summed E-state index contributed by atoms with van der Waals surface area (Å²) < 4.78 is 0. The molecule has 0 spiro atoms. The monoisotopic (exact) mass is 250 g/mol. The van der Waals surface area contributed by atoms with Gasteiger partial charge in [0.1, 0.15) is 0 Å². The third-order valence-corrected chi connectivity index (χ3v) is 4.60. The Morgan fingerprint density at radius 2 is 2.24 bits per heavy atom. The van der Waals surface area contributed by atoms with Gasteiger partial charge in [0, 0.05) is 30.7 Å². The van der Waals surface area contributed by atoms with Crippen LogP contribution in [0.4, 0.5) is 0 Å². The molecule has 92 valence electrons. The molecule has 2 fully saturated rings. The first-order valence-corrected chi connectivity index (χ1v) is 6.85. The molecular formula is C14H19ClN2. The molecule has 1 aromatic carbocycles. The molecule has 3 rings (SSSR count). The third-order valence-electron chi connectivity index (χ3n) is 4.25. The number of benzene rings is 1. The smallest absolute Gasteiger partial charge is 0.0454 e. The second kappa shape index (κ2) is 4.60. The van der Waals surface area contributed by atoms with Gasteiger partial charge >= 0.3 is 0 Å². The van der Waals surface area contributed by atoms with Crippen LogP contribution in [0, 0.1) is 5.92 Å². The highest BCUT2D eigenvalue weighted by Gasteiger charge is 2.37. The molecule has 2 unspecified atom stereocenters. The van der Waals surface area contributed by atoms with Gasteiger partial charge in [-0.3, -0.25) is 4.90 Å². The SMILES string of the molecule is NCc1ccc(CN2CC3CCC2C3)c(Cl)c1. The van der Waals surface area contributed by atoms with Crippen molar-refractivity contribution in [1.82, 2.24) is 4.90 Å². The van der Waals surface area contributed by atoms with Crippen molar-refractivity contribution in [1.29, 1.82) is 0 Å². The number of rotatable bonds is 3. The molecule has 1 saturated heterocycles. The van der Waals surface area contributed by atoms with Crippen LogP contribution in [0.2, 0.25) is 5.02 Å². The topological polar surface area (TPSA) is 29.3 Å². The fourth-order valence-electron chi connectivity index (χ4n) is 3.29. The second-order valence-corrected chi connectivity index (χ2v) is 5.80. The molecule has 2 atom stereocenters. The molecule has 0 aromatic heterocycles. The van der Waals surface area contributed by atoms with Crippen LogP contribution in [-0.2, 0) is 13.1 Å². The van der Waals surface area contributed by atoms with E-state index in [9.17, 15) is 0 Å². The minimum Gasteiger partial charge on any atom is -0.326 e. The van der Waals surface area contributed by atoms with Crippen molar-refractivity contribution in [3.05, 3.63) is 34.3 Å². The second-order valence-electron chi connectivity index (χ2n) is 5.39. The maximum Gasteiger partial charge on any atom is 0.0454 e. The first-order chi connectivity index (χ1) is 8.26. The van der Waals surface area contributed by atoms with Gasteiger partial charge in [0.2, 0.25) is 0 Å². The summed E-state index contributed by atoms with van der Waals surface area (Å²) in [6, 6.07) is 7.04. The lowest BCUT2D eigenvalue weighted by atomic mass is 10.1. The van der Waals surface area contributed by atoms with E-state index >= 15 is 0 Å². The van der Waals surface area contributed by atoms with E-state index in [1.807, 2.05) is 6.07 Å². The van der Waals surface area contributed by atoms with Crippen LogP contribution < -0.4 is 5.73 Å². The van der Waals surface area contributed by atoms with E-state index in [2.05, 4.69) is 17.0 Å². The summed E-state index contributed by atoms with van der Waals surface area (Å²) in [5, 5.41) is 0.871. The van der Waals surface area contributed by atoms with Crippen LogP contribution >= 0.6 is 11.6 Å². The molecule has 1 aliphatic carbocycles. The Bertz CT molecular complexity index is 419. The standard InChI is InChI=1S/C14H19ClN2/c15-14-6-10(7-16)1-3-12(14)9-17-8-11-2-4-13(17)5-11/h1,3,6,11,13H,2,4-5,7-9,16H2. The summed E-state index contributed by atoms with van der Waals surface area (Å²) in [4.78, 5) is 2.59. The predicted octanol–water partition coefficient (Wildman–Crippen LogP) is 2.78. The van der Waals surface area contributed by atoms with E-state index in [0.29, 0.717) is 6.54 Å². The average Bonchev–Trinajstić information content (AvgIpc) is 2.93. The third kappa shape index (κ3) is 2.22. The number of likely N-dealkylation sites (tertiary alicyclic amines) is 1. The highest BCUT2D eigenvalue weighted by Crippen LogP contribution is 2.38. The number of fused-ring (bicyclic) bond motifs is 2. The molecule has 1 heterocycles. The molecule has 2 bridgehead atoms. The Balaban J connectivity index is 1.73. The van der Waals surface area contributed by atoms with Gasteiger partial charge in [-0.2, -0.15) is 0 Å². The van der Waals surface area contributed by atoms with Crippen LogP contribution in [0.1, 0.15) is 30.4 Å². The minimum atomic E-state index is 0.564. The first kappa shape index (κ1) is 11.5. The molecule has 1 aliphatic heterocycles. The van der Waals surface area contributed by atoms with Crippen LogP contribution in [0.3, 0.4) is 0 Å². The number of piperidine rings is 1. The Morgan fingerprint density at radius 1 is 1.35 bits per heavy atom. The van der Waals surface area contributed by atoms with Crippen LogP contribution in [0.5, 0.6) is 0 Å². The Morgan fingerprint density at radius 3 is 2.82 bits per heavy atom. The lowest BCUT2D eigenvalue weighted by molar-refractivity contribution is 0.205. The molecule has 3 heteroatoms. The molecule has 0 amide bonds. The minimum absolute atomic E-state index is 0.564. The van der Waals surface area contributed by atoms with Crippen molar-refractivity contribution in [2.45, 2.75) is 38.4 Å². The molecule has 0 radical (unpaired) electrons. The van der Waals surface area contributed by atoms with Crippen molar-refractivity contribution in [2.75, 3.05) is 6.54 Å². The Kier molecular flexibility index (Phi) is 3.12. The Labute approximate surface area is 108 Å². The van der Waals surface area contributed by atoms with E-state index in [0.717, 1.165) is 29.1 Å². The summed E-state index contributed by atoms with van der Waals surface area (Å²) in [5.74, 6) is 0.946. The molecule has 2 nitrogen and oxygen atoms in total. The van der Waals surface area contributed by atoms with E-state index in [4.69, 9.17) is 17.3 Å². The number of halogens is 1. The van der Waals surface area contributed by atoms with Crippen molar-refractivity contribution >= 4 is 11.6 Å². The van der Waals surface area contributed by atoms with E-state index in [1.54, 1.807) is 0 Å². The van der Waals surface area contributed by atoms with Crippen molar-refractivity contribution in [3.8, 4) is 0 Å². The van der Waals surface area contributed by atoms with Gasteiger partial charge in [0.15, 0.2) is 0 Å². The summed E-state index contributed by atoms with van der Waals surface area (Å²) in [6.45, 7) is 2.83. The number of nitrogens with zero attached hydrogens (tertiary/aromatic N) is 1. The molecule has 17 heavy (non-hydrogen) atoms. The Hall–Kier alpha value is -0.570. The maximum atomic E-state index is 6.31. The van der Waals surface area contributed by atoms with Gasteiger partial charge in [-0.15, -0.1) is 0 Å².